The Bertz CT molecular complexity index is 432. The Labute approximate surface area is 120 Å². The monoisotopic (exact) mass is 282 g/mol. The van der Waals surface area contributed by atoms with E-state index in [1.54, 1.807) is 0 Å². The first-order valence-electron chi connectivity index (χ1n) is 6.64. The molecule has 0 heterocycles. The van der Waals surface area contributed by atoms with Crippen LogP contribution in [0.5, 0.6) is 0 Å². The van der Waals surface area contributed by atoms with Crippen LogP contribution < -0.4 is 10.6 Å². The van der Waals surface area contributed by atoms with Crippen molar-refractivity contribution in [1.82, 2.24) is 10.6 Å². The normalized spacial score (nSPS) is 13.1. The van der Waals surface area contributed by atoms with Gasteiger partial charge in [0.1, 0.15) is 0 Å². The third kappa shape index (κ3) is 5.62. The van der Waals surface area contributed by atoms with E-state index in [0.29, 0.717) is 11.6 Å². The molecule has 0 aliphatic heterocycles. The molecule has 1 aromatic rings. The van der Waals surface area contributed by atoms with Crippen molar-refractivity contribution in [2.75, 3.05) is 0 Å². The van der Waals surface area contributed by atoms with Crippen molar-refractivity contribution in [2.24, 2.45) is 0 Å². The lowest BCUT2D eigenvalue weighted by Crippen LogP contribution is -2.50. The molecular formula is C15H23ClN2O. The fraction of sp³-hybridized carbons (Fsp3) is 0.533. The van der Waals surface area contributed by atoms with Crippen LogP contribution in [-0.2, 0) is 11.3 Å². The van der Waals surface area contributed by atoms with Gasteiger partial charge in [-0.3, -0.25) is 4.79 Å². The Morgan fingerprint density at radius 3 is 2.68 bits per heavy atom. The molecule has 1 unspecified atom stereocenters. The largest absolute Gasteiger partial charge is 0.350 e. The molecule has 4 heteroatoms. The first-order chi connectivity index (χ1) is 8.84. The topological polar surface area (TPSA) is 41.1 Å². The molecule has 0 radical (unpaired) electrons. The Morgan fingerprint density at radius 1 is 1.42 bits per heavy atom. The molecule has 0 fully saturated rings. The van der Waals surface area contributed by atoms with Gasteiger partial charge < -0.3 is 10.6 Å². The van der Waals surface area contributed by atoms with Gasteiger partial charge in [-0.25, -0.2) is 0 Å². The van der Waals surface area contributed by atoms with Gasteiger partial charge in [-0.1, -0.05) is 30.7 Å². The van der Waals surface area contributed by atoms with Crippen molar-refractivity contribution in [3.8, 4) is 0 Å². The molecule has 0 saturated carbocycles. The molecule has 0 saturated heterocycles. The molecule has 0 bridgehead atoms. The second-order valence-electron chi connectivity index (χ2n) is 5.46. The van der Waals surface area contributed by atoms with Crippen LogP contribution >= 0.6 is 11.6 Å². The van der Waals surface area contributed by atoms with E-state index >= 15 is 0 Å². The summed E-state index contributed by atoms with van der Waals surface area (Å²) in [7, 11) is 0. The number of halogens is 1. The minimum absolute atomic E-state index is 0.0221. The quantitative estimate of drug-likeness (QED) is 0.842. The zero-order chi connectivity index (χ0) is 14.5. The number of benzene rings is 1. The van der Waals surface area contributed by atoms with Gasteiger partial charge in [-0.15, -0.1) is 0 Å². The highest BCUT2D eigenvalue weighted by molar-refractivity contribution is 6.30. The van der Waals surface area contributed by atoms with Crippen LogP contribution in [0.2, 0.25) is 5.02 Å². The molecule has 0 aromatic heterocycles. The smallest absolute Gasteiger partial charge is 0.237 e. The maximum absolute atomic E-state index is 12.0. The Morgan fingerprint density at radius 2 is 2.11 bits per heavy atom. The van der Waals surface area contributed by atoms with Gasteiger partial charge >= 0.3 is 0 Å². The first-order valence-corrected chi connectivity index (χ1v) is 7.01. The summed E-state index contributed by atoms with van der Waals surface area (Å²) in [4.78, 5) is 12.0. The predicted molar refractivity (Wildman–Crippen MR) is 80.3 cm³/mol. The molecule has 1 atom stereocenters. The van der Waals surface area contributed by atoms with E-state index in [4.69, 9.17) is 11.6 Å². The van der Waals surface area contributed by atoms with Crippen LogP contribution in [0.25, 0.3) is 0 Å². The van der Waals surface area contributed by atoms with E-state index in [-0.39, 0.29) is 17.5 Å². The highest BCUT2D eigenvalue weighted by Gasteiger charge is 2.21. The van der Waals surface area contributed by atoms with Crippen molar-refractivity contribution in [3.63, 3.8) is 0 Å². The molecule has 3 nitrogen and oxygen atoms in total. The third-order valence-corrected chi connectivity index (χ3v) is 3.48. The lowest BCUT2D eigenvalue weighted by Gasteiger charge is -2.26. The maximum Gasteiger partial charge on any atom is 0.237 e. The Hall–Kier alpha value is -1.06. The molecule has 19 heavy (non-hydrogen) atoms. The van der Waals surface area contributed by atoms with Crippen LogP contribution in [0.1, 0.15) is 39.7 Å². The molecule has 0 aliphatic carbocycles. The van der Waals surface area contributed by atoms with E-state index < -0.39 is 0 Å². The SMILES string of the molecule is CCC(C)(C)NC(=O)C(C)NCc1cccc(Cl)c1. The number of amides is 1. The van der Waals surface area contributed by atoms with Crippen molar-refractivity contribution in [2.45, 2.75) is 52.2 Å². The van der Waals surface area contributed by atoms with Crippen molar-refractivity contribution < 1.29 is 4.79 Å². The third-order valence-electron chi connectivity index (χ3n) is 3.24. The van der Waals surface area contributed by atoms with Gasteiger partial charge in [-0.05, 0) is 44.9 Å². The predicted octanol–water partition coefficient (Wildman–Crippen LogP) is 3.12. The second-order valence-corrected chi connectivity index (χ2v) is 5.90. The fourth-order valence-corrected chi connectivity index (χ4v) is 1.75. The van der Waals surface area contributed by atoms with Gasteiger partial charge in [-0.2, -0.15) is 0 Å². The number of hydrogen-bond donors (Lipinski definition) is 2. The van der Waals surface area contributed by atoms with Crippen molar-refractivity contribution in [3.05, 3.63) is 34.9 Å². The van der Waals surface area contributed by atoms with E-state index in [2.05, 4.69) is 17.6 Å². The van der Waals surface area contributed by atoms with Crippen LogP contribution in [0.15, 0.2) is 24.3 Å². The second kappa shape index (κ2) is 6.92. The highest BCUT2D eigenvalue weighted by Crippen LogP contribution is 2.11. The molecule has 1 aromatic carbocycles. The summed E-state index contributed by atoms with van der Waals surface area (Å²) in [6.07, 6.45) is 0.903. The first kappa shape index (κ1) is 16.0. The summed E-state index contributed by atoms with van der Waals surface area (Å²) in [5.41, 5.74) is 0.908. The van der Waals surface area contributed by atoms with Crippen LogP contribution in [-0.4, -0.2) is 17.5 Å². The molecule has 0 spiro atoms. The number of hydrogen-bond acceptors (Lipinski definition) is 2. The van der Waals surface area contributed by atoms with E-state index in [1.165, 1.54) is 0 Å². The van der Waals surface area contributed by atoms with Gasteiger partial charge in [0.2, 0.25) is 5.91 Å². The van der Waals surface area contributed by atoms with Crippen LogP contribution in [0.4, 0.5) is 0 Å². The van der Waals surface area contributed by atoms with Crippen molar-refractivity contribution in [1.29, 1.82) is 0 Å². The number of carbonyl (C=O) groups excluding carboxylic acids is 1. The summed E-state index contributed by atoms with van der Waals surface area (Å²) in [5.74, 6) is 0.0221. The summed E-state index contributed by atoms with van der Waals surface area (Å²) >= 11 is 5.92. The molecular weight excluding hydrogens is 260 g/mol. The van der Waals surface area contributed by atoms with E-state index in [9.17, 15) is 4.79 Å². The average molecular weight is 283 g/mol. The molecule has 1 amide bonds. The minimum Gasteiger partial charge on any atom is -0.350 e. The Kier molecular flexibility index (Phi) is 5.83. The Balaban J connectivity index is 2.47. The van der Waals surface area contributed by atoms with E-state index in [0.717, 1.165) is 12.0 Å². The molecule has 2 N–H and O–H groups in total. The highest BCUT2D eigenvalue weighted by atomic mass is 35.5. The molecule has 1 rings (SSSR count). The van der Waals surface area contributed by atoms with Gasteiger partial charge in [0.05, 0.1) is 6.04 Å². The lowest BCUT2D eigenvalue weighted by molar-refractivity contribution is -0.124. The average Bonchev–Trinajstić information content (AvgIpc) is 2.35. The standard InChI is InChI=1S/C15H23ClN2O/c1-5-15(3,4)18-14(19)11(2)17-10-12-7-6-8-13(16)9-12/h6-9,11,17H,5,10H2,1-4H3,(H,18,19). The summed E-state index contributed by atoms with van der Waals surface area (Å²) < 4.78 is 0. The number of carbonyl (C=O) groups is 1. The summed E-state index contributed by atoms with van der Waals surface area (Å²) in [6, 6.07) is 7.40. The minimum atomic E-state index is -0.232. The molecule has 106 valence electrons. The number of nitrogens with one attached hydrogen (secondary N) is 2. The van der Waals surface area contributed by atoms with Gasteiger partial charge in [0.25, 0.3) is 0 Å². The van der Waals surface area contributed by atoms with Crippen LogP contribution in [0.3, 0.4) is 0 Å². The van der Waals surface area contributed by atoms with Gasteiger partial charge in [0.15, 0.2) is 0 Å². The fourth-order valence-electron chi connectivity index (χ4n) is 1.54. The maximum atomic E-state index is 12.0. The lowest BCUT2D eigenvalue weighted by atomic mass is 10.0. The number of rotatable bonds is 6. The summed E-state index contributed by atoms with van der Waals surface area (Å²) in [5, 5.41) is 6.94. The zero-order valence-electron chi connectivity index (χ0n) is 12.1. The summed E-state index contributed by atoms with van der Waals surface area (Å²) in [6.45, 7) is 8.60. The zero-order valence-corrected chi connectivity index (χ0v) is 12.8. The van der Waals surface area contributed by atoms with Crippen molar-refractivity contribution >= 4 is 17.5 Å². The van der Waals surface area contributed by atoms with Crippen LogP contribution in [0, 0.1) is 0 Å². The van der Waals surface area contributed by atoms with Gasteiger partial charge in [0, 0.05) is 17.1 Å². The molecule has 0 aliphatic rings. The van der Waals surface area contributed by atoms with E-state index in [1.807, 2.05) is 45.0 Å².